The average Bonchev–Trinajstić information content (AvgIpc) is 3.03. The second-order valence-corrected chi connectivity index (χ2v) is 6.09. The number of nitrogens with one attached hydrogen (secondary N) is 2. The lowest BCUT2D eigenvalue weighted by Crippen LogP contribution is -2.39. The smallest absolute Gasteiger partial charge is 0.239 e. The van der Waals surface area contributed by atoms with Gasteiger partial charge in [0.2, 0.25) is 11.8 Å². The maximum atomic E-state index is 13.5. The Morgan fingerprint density at radius 2 is 1.75 bits per heavy atom. The van der Waals surface area contributed by atoms with E-state index in [1.54, 1.807) is 0 Å². The van der Waals surface area contributed by atoms with Gasteiger partial charge in [-0.25, -0.2) is 8.78 Å². The molecule has 1 atom stereocenters. The third kappa shape index (κ3) is 5.26. The summed E-state index contributed by atoms with van der Waals surface area (Å²) in [6, 6.07) is 3.26. The molecule has 1 saturated carbocycles. The Labute approximate surface area is 139 Å². The molecule has 0 bridgehead atoms. The molecule has 2 rings (SSSR count). The van der Waals surface area contributed by atoms with Crippen LogP contribution in [0.5, 0.6) is 0 Å². The van der Waals surface area contributed by atoms with E-state index in [9.17, 15) is 23.5 Å². The number of aliphatic hydroxyl groups excluding tert-OH is 1. The van der Waals surface area contributed by atoms with Gasteiger partial charge in [0.15, 0.2) is 0 Å². The summed E-state index contributed by atoms with van der Waals surface area (Å²) < 4.78 is 27.0. The van der Waals surface area contributed by atoms with Crippen LogP contribution in [-0.4, -0.2) is 30.0 Å². The standard InChI is InChI=1S/C17H22F2N2O3/c18-12-6-3-7-13(19)17(12)14(22)9-20-16(24)10-21-15(23)8-11-4-1-2-5-11/h3,6-7,11,14,22H,1-2,4-5,8-10H2,(H,20,24)(H,21,23). The number of benzene rings is 1. The van der Waals surface area contributed by atoms with Crippen molar-refractivity contribution in [3.63, 3.8) is 0 Å². The van der Waals surface area contributed by atoms with Crippen LogP contribution in [-0.2, 0) is 9.59 Å². The highest BCUT2D eigenvalue weighted by atomic mass is 19.1. The summed E-state index contributed by atoms with van der Waals surface area (Å²) in [6.45, 7) is -0.562. The van der Waals surface area contributed by atoms with E-state index in [0.29, 0.717) is 12.3 Å². The summed E-state index contributed by atoms with van der Waals surface area (Å²) in [4.78, 5) is 23.4. The first kappa shape index (κ1) is 18.3. The van der Waals surface area contributed by atoms with Crippen molar-refractivity contribution in [2.75, 3.05) is 13.1 Å². The Morgan fingerprint density at radius 3 is 2.38 bits per heavy atom. The maximum absolute atomic E-state index is 13.5. The third-order valence-electron chi connectivity index (χ3n) is 4.22. The minimum Gasteiger partial charge on any atom is -0.386 e. The van der Waals surface area contributed by atoms with Crippen molar-refractivity contribution in [2.24, 2.45) is 5.92 Å². The summed E-state index contributed by atoms with van der Waals surface area (Å²) in [5, 5.41) is 14.7. The van der Waals surface area contributed by atoms with Crippen LogP contribution in [0, 0.1) is 17.6 Å². The summed E-state index contributed by atoms with van der Waals surface area (Å²) >= 11 is 0. The summed E-state index contributed by atoms with van der Waals surface area (Å²) in [6.07, 6.45) is 3.28. The zero-order valence-corrected chi connectivity index (χ0v) is 13.4. The molecular formula is C17H22F2N2O3. The highest BCUT2D eigenvalue weighted by Gasteiger charge is 2.20. The van der Waals surface area contributed by atoms with Crippen LogP contribution in [0.2, 0.25) is 0 Å². The Hall–Kier alpha value is -2.02. The van der Waals surface area contributed by atoms with E-state index >= 15 is 0 Å². The molecule has 5 nitrogen and oxygen atoms in total. The molecule has 1 aliphatic rings. The maximum Gasteiger partial charge on any atom is 0.239 e. The molecule has 3 N–H and O–H groups in total. The van der Waals surface area contributed by atoms with E-state index in [2.05, 4.69) is 10.6 Å². The topological polar surface area (TPSA) is 78.4 Å². The molecule has 1 aliphatic carbocycles. The molecule has 0 radical (unpaired) electrons. The van der Waals surface area contributed by atoms with Crippen LogP contribution in [0.15, 0.2) is 18.2 Å². The zero-order valence-electron chi connectivity index (χ0n) is 13.4. The van der Waals surface area contributed by atoms with Crippen molar-refractivity contribution < 1.29 is 23.5 Å². The second kappa shape index (κ2) is 8.73. The van der Waals surface area contributed by atoms with E-state index < -0.39 is 29.2 Å². The Balaban J connectivity index is 1.71. The fourth-order valence-corrected chi connectivity index (χ4v) is 2.93. The SMILES string of the molecule is O=C(CNC(=O)CC1CCCC1)NCC(O)c1c(F)cccc1F. The molecular weight excluding hydrogens is 318 g/mol. The lowest BCUT2D eigenvalue weighted by Gasteiger charge is -2.14. The van der Waals surface area contributed by atoms with E-state index in [1.807, 2.05) is 0 Å². The quantitative estimate of drug-likeness (QED) is 0.708. The first-order valence-corrected chi connectivity index (χ1v) is 8.12. The molecule has 2 amide bonds. The zero-order chi connectivity index (χ0) is 17.5. The average molecular weight is 340 g/mol. The number of halogens is 2. The molecule has 0 aliphatic heterocycles. The van der Waals surface area contributed by atoms with Crippen molar-refractivity contribution in [3.05, 3.63) is 35.4 Å². The van der Waals surface area contributed by atoms with Gasteiger partial charge in [0.05, 0.1) is 12.1 Å². The minimum absolute atomic E-state index is 0.183. The highest BCUT2D eigenvalue weighted by Crippen LogP contribution is 2.27. The van der Waals surface area contributed by atoms with Crippen LogP contribution in [0.25, 0.3) is 0 Å². The summed E-state index contributed by atoms with van der Waals surface area (Å²) in [7, 11) is 0. The first-order chi connectivity index (χ1) is 11.5. The number of hydrogen-bond donors (Lipinski definition) is 3. The van der Waals surface area contributed by atoms with Crippen molar-refractivity contribution in [2.45, 2.75) is 38.2 Å². The van der Waals surface area contributed by atoms with E-state index in [4.69, 9.17) is 0 Å². The van der Waals surface area contributed by atoms with Gasteiger partial charge in [-0.1, -0.05) is 18.9 Å². The largest absolute Gasteiger partial charge is 0.386 e. The van der Waals surface area contributed by atoms with Gasteiger partial charge in [-0.2, -0.15) is 0 Å². The molecule has 0 spiro atoms. The van der Waals surface area contributed by atoms with Gasteiger partial charge in [0.25, 0.3) is 0 Å². The molecule has 24 heavy (non-hydrogen) atoms. The normalized spacial score (nSPS) is 16.0. The predicted molar refractivity (Wildman–Crippen MR) is 83.9 cm³/mol. The predicted octanol–water partition coefficient (Wildman–Crippen LogP) is 1.81. The van der Waals surface area contributed by atoms with Crippen molar-refractivity contribution in [1.29, 1.82) is 0 Å². The van der Waals surface area contributed by atoms with E-state index in [-0.39, 0.29) is 19.0 Å². The van der Waals surface area contributed by atoms with Gasteiger partial charge in [-0.15, -0.1) is 0 Å². The Bertz CT molecular complexity index is 569. The fraction of sp³-hybridized carbons (Fsp3) is 0.529. The third-order valence-corrected chi connectivity index (χ3v) is 4.22. The fourth-order valence-electron chi connectivity index (χ4n) is 2.93. The lowest BCUT2D eigenvalue weighted by molar-refractivity contribution is -0.126. The van der Waals surface area contributed by atoms with Crippen molar-refractivity contribution >= 4 is 11.8 Å². The van der Waals surface area contributed by atoms with Crippen molar-refractivity contribution in [3.8, 4) is 0 Å². The van der Waals surface area contributed by atoms with Gasteiger partial charge in [0.1, 0.15) is 17.7 Å². The molecule has 1 aromatic rings. The molecule has 7 heteroatoms. The minimum atomic E-state index is -1.50. The van der Waals surface area contributed by atoms with Crippen LogP contribution >= 0.6 is 0 Å². The van der Waals surface area contributed by atoms with Gasteiger partial charge in [-0.3, -0.25) is 9.59 Å². The van der Waals surface area contributed by atoms with Gasteiger partial charge in [0, 0.05) is 13.0 Å². The Kier molecular flexibility index (Phi) is 6.66. The summed E-state index contributed by atoms with van der Waals surface area (Å²) in [5.74, 6) is -2.06. The molecule has 0 heterocycles. The lowest BCUT2D eigenvalue weighted by atomic mass is 10.0. The van der Waals surface area contributed by atoms with Crippen LogP contribution in [0.1, 0.15) is 43.8 Å². The Morgan fingerprint density at radius 1 is 1.12 bits per heavy atom. The first-order valence-electron chi connectivity index (χ1n) is 8.12. The van der Waals surface area contributed by atoms with Gasteiger partial charge in [-0.05, 0) is 30.9 Å². The number of amides is 2. The van der Waals surface area contributed by atoms with E-state index in [1.165, 1.54) is 6.07 Å². The van der Waals surface area contributed by atoms with Gasteiger partial charge < -0.3 is 15.7 Å². The second-order valence-electron chi connectivity index (χ2n) is 6.09. The number of rotatable bonds is 7. The monoisotopic (exact) mass is 340 g/mol. The van der Waals surface area contributed by atoms with Crippen LogP contribution in [0.3, 0.4) is 0 Å². The molecule has 1 aromatic carbocycles. The van der Waals surface area contributed by atoms with Crippen LogP contribution in [0.4, 0.5) is 8.78 Å². The molecule has 132 valence electrons. The number of aliphatic hydroxyl groups is 1. The van der Waals surface area contributed by atoms with E-state index in [0.717, 1.165) is 37.8 Å². The molecule has 1 unspecified atom stereocenters. The number of carbonyl (C=O) groups excluding carboxylic acids is 2. The number of hydrogen-bond acceptors (Lipinski definition) is 3. The molecule has 1 fully saturated rings. The van der Waals surface area contributed by atoms with Crippen LogP contribution < -0.4 is 10.6 Å². The molecule has 0 aromatic heterocycles. The number of carbonyl (C=O) groups is 2. The molecule has 0 saturated heterocycles. The highest BCUT2D eigenvalue weighted by molar-refractivity contribution is 5.84. The van der Waals surface area contributed by atoms with Crippen molar-refractivity contribution in [1.82, 2.24) is 10.6 Å². The summed E-state index contributed by atoms with van der Waals surface area (Å²) in [5.41, 5.74) is -0.483. The van der Waals surface area contributed by atoms with Gasteiger partial charge >= 0.3 is 0 Å².